The Morgan fingerprint density at radius 3 is 2.58 bits per heavy atom. The third kappa shape index (κ3) is 2.16. The standard InChI is InChI=1S/C15H20N4/c1-10-12-5-3-4-6-13(12)15(18-17-10)19(2)14(9-16)11-7-8-11/h3-6,11,14H,7-9,16H2,1-2H3. The zero-order valence-corrected chi connectivity index (χ0v) is 11.5. The quantitative estimate of drug-likeness (QED) is 0.910. The molecule has 1 atom stereocenters. The van der Waals surface area contributed by atoms with Gasteiger partial charge in [-0.3, -0.25) is 0 Å². The van der Waals surface area contributed by atoms with Crippen LogP contribution >= 0.6 is 0 Å². The predicted molar refractivity (Wildman–Crippen MR) is 78.2 cm³/mol. The Morgan fingerprint density at radius 2 is 1.95 bits per heavy atom. The van der Waals surface area contributed by atoms with Crippen molar-refractivity contribution in [3.8, 4) is 0 Å². The monoisotopic (exact) mass is 256 g/mol. The van der Waals surface area contributed by atoms with E-state index in [0.29, 0.717) is 12.6 Å². The third-order valence-corrected chi connectivity index (χ3v) is 4.09. The number of likely N-dealkylation sites (N-methyl/N-ethyl adjacent to an activating group) is 1. The van der Waals surface area contributed by atoms with E-state index in [-0.39, 0.29) is 0 Å². The normalized spacial score (nSPS) is 16.6. The number of aryl methyl sites for hydroxylation is 1. The van der Waals surface area contributed by atoms with E-state index < -0.39 is 0 Å². The molecule has 0 amide bonds. The molecule has 19 heavy (non-hydrogen) atoms. The minimum Gasteiger partial charge on any atom is -0.353 e. The van der Waals surface area contributed by atoms with Gasteiger partial charge in [-0.2, -0.15) is 5.10 Å². The first-order chi connectivity index (χ1) is 9.22. The largest absolute Gasteiger partial charge is 0.353 e. The molecule has 0 spiro atoms. The number of anilines is 1. The van der Waals surface area contributed by atoms with Crippen LogP contribution in [0.25, 0.3) is 10.8 Å². The molecule has 4 nitrogen and oxygen atoms in total. The van der Waals surface area contributed by atoms with Gasteiger partial charge in [0.25, 0.3) is 0 Å². The van der Waals surface area contributed by atoms with Crippen molar-refractivity contribution >= 4 is 16.6 Å². The molecule has 1 aromatic carbocycles. The first-order valence-corrected chi connectivity index (χ1v) is 6.87. The minimum atomic E-state index is 0.375. The molecule has 2 aromatic rings. The van der Waals surface area contributed by atoms with E-state index in [2.05, 4.69) is 40.3 Å². The highest BCUT2D eigenvalue weighted by atomic mass is 15.3. The first-order valence-electron chi connectivity index (χ1n) is 6.87. The van der Waals surface area contributed by atoms with Gasteiger partial charge in [-0.15, -0.1) is 5.10 Å². The summed E-state index contributed by atoms with van der Waals surface area (Å²) in [7, 11) is 2.08. The summed E-state index contributed by atoms with van der Waals surface area (Å²) in [5, 5.41) is 11.0. The van der Waals surface area contributed by atoms with Crippen molar-refractivity contribution in [1.82, 2.24) is 10.2 Å². The van der Waals surface area contributed by atoms with Crippen LogP contribution in [0.4, 0.5) is 5.82 Å². The van der Waals surface area contributed by atoms with Crippen LogP contribution in [-0.4, -0.2) is 29.8 Å². The number of hydrogen-bond acceptors (Lipinski definition) is 4. The summed E-state index contributed by atoms with van der Waals surface area (Å²) >= 11 is 0. The van der Waals surface area contributed by atoms with E-state index >= 15 is 0 Å². The summed E-state index contributed by atoms with van der Waals surface area (Å²) in [4.78, 5) is 2.21. The van der Waals surface area contributed by atoms with Crippen molar-refractivity contribution in [2.75, 3.05) is 18.5 Å². The third-order valence-electron chi connectivity index (χ3n) is 4.09. The van der Waals surface area contributed by atoms with Gasteiger partial charge in [0, 0.05) is 30.4 Å². The SMILES string of the molecule is Cc1nnc(N(C)C(CN)C2CC2)c2ccccc12. The molecule has 1 aliphatic carbocycles. The van der Waals surface area contributed by atoms with Crippen LogP contribution in [-0.2, 0) is 0 Å². The van der Waals surface area contributed by atoms with Crippen LogP contribution in [0, 0.1) is 12.8 Å². The van der Waals surface area contributed by atoms with Crippen LogP contribution < -0.4 is 10.6 Å². The molecular formula is C15H20N4. The van der Waals surface area contributed by atoms with Gasteiger partial charge in [0.05, 0.1) is 5.69 Å². The highest BCUT2D eigenvalue weighted by Crippen LogP contribution is 2.37. The number of hydrogen-bond donors (Lipinski definition) is 1. The fourth-order valence-electron chi connectivity index (χ4n) is 2.79. The predicted octanol–water partition coefficient (Wildman–Crippen LogP) is 2.11. The van der Waals surface area contributed by atoms with Crippen molar-refractivity contribution in [3.63, 3.8) is 0 Å². The van der Waals surface area contributed by atoms with Gasteiger partial charge >= 0.3 is 0 Å². The molecule has 0 bridgehead atoms. The topological polar surface area (TPSA) is 55.0 Å². The lowest BCUT2D eigenvalue weighted by atomic mass is 10.1. The Morgan fingerprint density at radius 1 is 1.26 bits per heavy atom. The van der Waals surface area contributed by atoms with Crippen LogP contribution in [0.5, 0.6) is 0 Å². The fourth-order valence-corrected chi connectivity index (χ4v) is 2.79. The molecule has 0 radical (unpaired) electrons. The maximum Gasteiger partial charge on any atom is 0.159 e. The molecule has 1 heterocycles. The molecule has 100 valence electrons. The Hall–Kier alpha value is -1.68. The smallest absolute Gasteiger partial charge is 0.159 e. The van der Waals surface area contributed by atoms with Crippen molar-refractivity contribution in [2.45, 2.75) is 25.8 Å². The summed E-state index contributed by atoms with van der Waals surface area (Å²) in [5.41, 5.74) is 6.91. The molecule has 0 saturated heterocycles. The van der Waals surface area contributed by atoms with Gasteiger partial charge in [0.1, 0.15) is 0 Å². The lowest BCUT2D eigenvalue weighted by molar-refractivity contribution is 0.565. The first kappa shape index (κ1) is 12.4. The second kappa shape index (κ2) is 4.78. The molecule has 0 aliphatic heterocycles. The second-order valence-corrected chi connectivity index (χ2v) is 5.41. The summed E-state index contributed by atoms with van der Waals surface area (Å²) in [6.07, 6.45) is 2.56. The molecule has 1 fully saturated rings. The maximum absolute atomic E-state index is 5.94. The van der Waals surface area contributed by atoms with E-state index in [4.69, 9.17) is 5.73 Å². The maximum atomic E-state index is 5.94. The molecule has 2 N–H and O–H groups in total. The second-order valence-electron chi connectivity index (χ2n) is 5.41. The molecule has 1 unspecified atom stereocenters. The van der Waals surface area contributed by atoms with E-state index in [1.165, 1.54) is 18.2 Å². The van der Waals surface area contributed by atoms with Crippen LogP contribution in [0.1, 0.15) is 18.5 Å². The van der Waals surface area contributed by atoms with E-state index in [9.17, 15) is 0 Å². The van der Waals surface area contributed by atoms with Gasteiger partial charge < -0.3 is 10.6 Å². The molecule has 1 saturated carbocycles. The van der Waals surface area contributed by atoms with E-state index in [0.717, 1.165) is 22.8 Å². The highest BCUT2D eigenvalue weighted by Gasteiger charge is 2.34. The van der Waals surface area contributed by atoms with Crippen molar-refractivity contribution in [2.24, 2.45) is 11.7 Å². The van der Waals surface area contributed by atoms with Crippen LogP contribution in [0.2, 0.25) is 0 Å². The van der Waals surface area contributed by atoms with Gasteiger partial charge in [-0.25, -0.2) is 0 Å². The summed E-state index contributed by atoms with van der Waals surface area (Å²) in [5.74, 6) is 1.67. The summed E-state index contributed by atoms with van der Waals surface area (Å²) in [6, 6.07) is 8.69. The summed E-state index contributed by atoms with van der Waals surface area (Å²) in [6.45, 7) is 2.67. The highest BCUT2D eigenvalue weighted by molar-refractivity contribution is 5.93. The van der Waals surface area contributed by atoms with Crippen molar-refractivity contribution in [3.05, 3.63) is 30.0 Å². The Kier molecular flexibility index (Phi) is 3.11. The molecule has 3 rings (SSSR count). The van der Waals surface area contributed by atoms with Gasteiger partial charge in [-0.05, 0) is 25.7 Å². The lowest BCUT2D eigenvalue weighted by Crippen LogP contribution is -2.40. The number of nitrogens with two attached hydrogens (primary N) is 1. The Balaban J connectivity index is 2.06. The van der Waals surface area contributed by atoms with Crippen LogP contribution in [0.3, 0.4) is 0 Å². The van der Waals surface area contributed by atoms with Crippen LogP contribution in [0.15, 0.2) is 24.3 Å². The van der Waals surface area contributed by atoms with Crippen molar-refractivity contribution in [1.29, 1.82) is 0 Å². The summed E-state index contributed by atoms with van der Waals surface area (Å²) < 4.78 is 0. The number of fused-ring (bicyclic) bond motifs is 1. The van der Waals surface area contributed by atoms with Gasteiger partial charge in [-0.1, -0.05) is 24.3 Å². The van der Waals surface area contributed by atoms with Gasteiger partial charge in [0.15, 0.2) is 5.82 Å². The number of rotatable bonds is 4. The fraction of sp³-hybridized carbons (Fsp3) is 0.467. The van der Waals surface area contributed by atoms with E-state index in [1.54, 1.807) is 0 Å². The van der Waals surface area contributed by atoms with Crippen molar-refractivity contribution < 1.29 is 0 Å². The lowest BCUT2D eigenvalue weighted by Gasteiger charge is -2.28. The molecule has 1 aliphatic rings. The zero-order chi connectivity index (χ0) is 13.4. The Bertz CT molecular complexity index is 592. The zero-order valence-electron chi connectivity index (χ0n) is 11.5. The number of nitrogens with zero attached hydrogens (tertiary/aromatic N) is 3. The van der Waals surface area contributed by atoms with E-state index in [1.807, 2.05) is 13.0 Å². The average molecular weight is 256 g/mol. The molecular weight excluding hydrogens is 236 g/mol. The molecule has 1 aromatic heterocycles. The average Bonchev–Trinajstić information content (AvgIpc) is 3.25. The Labute approximate surface area is 113 Å². The minimum absolute atomic E-state index is 0.375. The molecule has 4 heteroatoms. The number of aromatic nitrogens is 2. The van der Waals surface area contributed by atoms with Gasteiger partial charge in [0.2, 0.25) is 0 Å². The number of benzene rings is 1.